The second-order valence-corrected chi connectivity index (χ2v) is 5.88. The first-order valence-electron chi connectivity index (χ1n) is 6.67. The third-order valence-electron chi connectivity index (χ3n) is 3.68. The molecule has 3 N–H and O–H groups in total. The molecule has 1 aliphatic rings. The number of rotatable bonds is 4. The molecular formula is C12H18N4O3S. The van der Waals surface area contributed by atoms with E-state index in [0.29, 0.717) is 18.0 Å². The van der Waals surface area contributed by atoms with E-state index >= 15 is 0 Å². The number of urea groups is 1. The first kappa shape index (κ1) is 14.7. The number of hydrogen-bond donors (Lipinski definition) is 3. The molecule has 1 saturated carbocycles. The van der Waals surface area contributed by atoms with Crippen molar-refractivity contribution in [2.24, 2.45) is 5.41 Å². The van der Waals surface area contributed by atoms with Gasteiger partial charge in [-0.1, -0.05) is 37.0 Å². The maximum absolute atomic E-state index is 11.7. The van der Waals surface area contributed by atoms with Crippen LogP contribution in [0.25, 0.3) is 0 Å². The number of anilines is 1. The van der Waals surface area contributed by atoms with Crippen LogP contribution in [0.15, 0.2) is 5.51 Å². The maximum Gasteiger partial charge on any atom is 0.321 e. The van der Waals surface area contributed by atoms with Gasteiger partial charge >= 0.3 is 12.0 Å². The van der Waals surface area contributed by atoms with E-state index in [4.69, 9.17) is 0 Å². The van der Waals surface area contributed by atoms with Gasteiger partial charge in [-0.3, -0.25) is 10.1 Å². The summed E-state index contributed by atoms with van der Waals surface area (Å²) in [4.78, 5) is 23.3. The number of nitrogens with one attached hydrogen (secondary N) is 2. The average molecular weight is 298 g/mol. The number of carboxylic acid groups (broad SMARTS) is 1. The quantitative estimate of drug-likeness (QED) is 0.738. The molecule has 20 heavy (non-hydrogen) atoms. The SMILES string of the molecule is O=C(NCC1(C(=O)O)CCCCCC1)Nc1nncs1. The van der Waals surface area contributed by atoms with Gasteiger partial charge in [-0.05, 0) is 12.8 Å². The Morgan fingerprint density at radius 1 is 1.30 bits per heavy atom. The number of carbonyl (C=O) groups excluding carboxylic acids is 1. The Kier molecular flexibility index (Phi) is 4.89. The van der Waals surface area contributed by atoms with E-state index in [1.165, 1.54) is 16.8 Å². The molecule has 110 valence electrons. The Labute approximate surface area is 120 Å². The minimum atomic E-state index is -0.838. The van der Waals surface area contributed by atoms with Gasteiger partial charge in [0.2, 0.25) is 5.13 Å². The molecule has 0 aromatic carbocycles. The van der Waals surface area contributed by atoms with Crippen LogP contribution in [-0.4, -0.2) is 33.8 Å². The van der Waals surface area contributed by atoms with Crippen molar-refractivity contribution < 1.29 is 14.7 Å². The first-order chi connectivity index (χ1) is 9.62. The van der Waals surface area contributed by atoms with E-state index in [-0.39, 0.29) is 6.54 Å². The molecule has 0 saturated heterocycles. The van der Waals surface area contributed by atoms with Crippen LogP contribution in [0.4, 0.5) is 9.93 Å². The third-order valence-corrected chi connectivity index (χ3v) is 4.29. The van der Waals surface area contributed by atoms with Crippen molar-refractivity contribution in [2.45, 2.75) is 38.5 Å². The van der Waals surface area contributed by atoms with Crippen molar-refractivity contribution in [1.82, 2.24) is 15.5 Å². The molecule has 2 rings (SSSR count). The molecule has 0 bridgehead atoms. The number of carboxylic acids is 1. The van der Waals surface area contributed by atoms with Crippen molar-refractivity contribution in [3.8, 4) is 0 Å². The lowest BCUT2D eigenvalue weighted by Crippen LogP contribution is -2.44. The van der Waals surface area contributed by atoms with E-state index in [1.807, 2.05) is 0 Å². The van der Waals surface area contributed by atoms with Gasteiger partial charge in [-0.25, -0.2) is 4.79 Å². The lowest BCUT2D eigenvalue weighted by Gasteiger charge is -2.28. The molecular weight excluding hydrogens is 280 g/mol. The van der Waals surface area contributed by atoms with Gasteiger partial charge in [-0.15, -0.1) is 10.2 Å². The fourth-order valence-electron chi connectivity index (χ4n) is 2.49. The van der Waals surface area contributed by atoms with E-state index in [2.05, 4.69) is 20.8 Å². The molecule has 1 aromatic rings. The number of aliphatic carboxylic acids is 1. The predicted molar refractivity (Wildman–Crippen MR) is 74.7 cm³/mol. The van der Waals surface area contributed by atoms with Crippen molar-refractivity contribution in [1.29, 1.82) is 0 Å². The number of amides is 2. The Bertz CT molecular complexity index is 455. The highest BCUT2D eigenvalue weighted by Crippen LogP contribution is 2.34. The van der Waals surface area contributed by atoms with Crippen molar-refractivity contribution in [3.05, 3.63) is 5.51 Å². The second kappa shape index (κ2) is 6.65. The van der Waals surface area contributed by atoms with Gasteiger partial charge < -0.3 is 10.4 Å². The molecule has 0 spiro atoms. The molecule has 8 heteroatoms. The van der Waals surface area contributed by atoms with Gasteiger partial charge in [0.25, 0.3) is 0 Å². The Hall–Kier alpha value is -1.70. The zero-order valence-electron chi connectivity index (χ0n) is 11.1. The number of aromatic nitrogens is 2. The summed E-state index contributed by atoms with van der Waals surface area (Å²) in [6.07, 6.45) is 5.14. The summed E-state index contributed by atoms with van der Waals surface area (Å²) in [7, 11) is 0. The molecule has 1 aromatic heterocycles. The standard InChI is InChI=1S/C12H18N4O3S/c17-9(18)12(5-3-1-2-4-6-12)7-13-10(19)15-11-16-14-8-20-11/h8H,1-7H2,(H,17,18)(H2,13,15,16,19). The van der Waals surface area contributed by atoms with Crippen LogP contribution in [0.3, 0.4) is 0 Å². The molecule has 0 unspecified atom stereocenters. The van der Waals surface area contributed by atoms with Gasteiger partial charge in [-0.2, -0.15) is 0 Å². The van der Waals surface area contributed by atoms with Gasteiger partial charge in [0.05, 0.1) is 5.41 Å². The summed E-state index contributed by atoms with van der Waals surface area (Å²) in [6, 6.07) is -0.438. The lowest BCUT2D eigenvalue weighted by molar-refractivity contribution is -0.149. The first-order valence-corrected chi connectivity index (χ1v) is 7.55. The topological polar surface area (TPSA) is 104 Å². The summed E-state index contributed by atoms with van der Waals surface area (Å²) in [6.45, 7) is 0.146. The predicted octanol–water partition coefficient (Wildman–Crippen LogP) is 2.08. The molecule has 1 fully saturated rings. The van der Waals surface area contributed by atoms with Crippen LogP contribution in [0.2, 0.25) is 0 Å². The summed E-state index contributed by atoms with van der Waals surface area (Å²) in [5.41, 5.74) is 0.675. The van der Waals surface area contributed by atoms with Crippen LogP contribution in [0.1, 0.15) is 38.5 Å². The molecule has 7 nitrogen and oxygen atoms in total. The van der Waals surface area contributed by atoms with E-state index in [0.717, 1.165) is 25.7 Å². The summed E-state index contributed by atoms with van der Waals surface area (Å²) < 4.78 is 0. The number of nitrogens with zero attached hydrogens (tertiary/aromatic N) is 2. The van der Waals surface area contributed by atoms with Crippen LogP contribution >= 0.6 is 11.3 Å². The normalized spacial score (nSPS) is 18.0. The molecule has 0 radical (unpaired) electrons. The summed E-state index contributed by atoms with van der Waals surface area (Å²) in [5.74, 6) is -0.824. The minimum Gasteiger partial charge on any atom is -0.481 e. The lowest BCUT2D eigenvalue weighted by atomic mass is 9.80. The van der Waals surface area contributed by atoms with Crippen molar-refractivity contribution in [3.63, 3.8) is 0 Å². The molecule has 0 aliphatic heterocycles. The zero-order chi connectivity index (χ0) is 14.4. The van der Waals surface area contributed by atoms with E-state index in [1.54, 1.807) is 0 Å². The smallest absolute Gasteiger partial charge is 0.321 e. The highest BCUT2D eigenvalue weighted by molar-refractivity contribution is 7.13. The summed E-state index contributed by atoms with van der Waals surface area (Å²) >= 11 is 1.21. The largest absolute Gasteiger partial charge is 0.481 e. The minimum absolute atomic E-state index is 0.146. The zero-order valence-corrected chi connectivity index (χ0v) is 11.9. The van der Waals surface area contributed by atoms with Crippen molar-refractivity contribution >= 4 is 28.5 Å². The fraction of sp³-hybridized carbons (Fsp3) is 0.667. The molecule has 0 atom stereocenters. The van der Waals surface area contributed by atoms with Gasteiger partial charge in [0.15, 0.2) is 0 Å². The average Bonchev–Trinajstić information content (AvgIpc) is 2.79. The Balaban J connectivity index is 1.91. The summed E-state index contributed by atoms with van der Waals surface area (Å²) in [5, 5.41) is 22.4. The van der Waals surface area contributed by atoms with Gasteiger partial charge in [0, 0.05) is 6.54 Å². The second-order valence-electron chi connectivity index (χ2n) is 5.05. The maximum atomic E-state index is 11.7. The fourth-order valence-corrected chi connectivity index (χ4v) is 2.93. The van der Waals surface area contributed by atoms with Gasteiger partial charge in [0.1, 0.15) is 5.51 Å². The molecule has 1 heterocycles. The highest BCUT2D eigenvalue weighted by atomic mass is 32.1. The van der Waals surface area contributed by atoms with Crippen LogP contribution < -0.4 is 10.6 Å². The molecule has 1 aliphatic carbocycles. The van der Waals surface area contributed by atoms with Crippen molar-refractivity contribution in [2.75, 3.05) is 11.9 Å². The number of hydrogen-bond acceptors (Lipinski definition) is 5. The van der Waals surface area contributed by atoms with Crippen LogP contribution in [-0.2, 0) is 4.79 Å². The number of carbonyl (C=O) groups is 2. The van der Waals surface area contributed by atoms with Crippen LogP contribution in [0.5, 0.6) is 0 Å². The van der Waals surface area contributed by atoms with E-state index < -0.39 is 17.4 Å². The monoisotopic (exact) mass is 298 g/mol. The highest BCUT2D eigenvalue weighted by Gasteiger charge is 2.38. The van der Waals surface area contributed by atoms with E-state index in [9.17, 15) is 14.7 Å². The Morgan fingerprint density at radius 3 is 2.55 bits per heavy atom. The third kappa shape index (κ3) is 3.66. The Morgan fingerprint density at radius 2 is 2.00 bits per heavy atom. The van der Waals surface area contributed by atoms with Crippen LogP contribution in [0, 0.1) is 5.41 Å². The molecule has 2 amide bonds.